The number of thiazole rings is 1. The molecule has 1 rings (SSSR count). The predicted octanol–water partition coefficient (Wildman–Crippen LogP) is 2.03. The SMILES string of the molecule is N#Cc1cnc(C(F)(F)F)s1. The highest BCUT2D eigenvalue weighted by atomic mass is 32.1. The molecule has 0 spiro atoms. The van der Waals surface area contributed by atoms with Crippen molar-refractivity contribution in [2.75, 3.05) is 0 Å². The van der Waals surface area contributed by atoms with Crippen LogP contribution in [0.1, 0.15) is 9.88 Å². The minimum atomic E-state index is -4.43. The van der Waals surface area contributed by atoms with E-state index in [0.717, 1.165) is 6.20 Å². The molecule has 1 aromatic heterocycles. The van der Waals surface area contributed by atoms with Gasteiger partial charge in [-0.3, -0.25) is 0 Å². The van der Waals surface area contributed by atoms with Crippen LogP contribution in [0.2, 0.25) is 0 Å². The minimum Gasteiger partial charge on any atom is -0.239 e. The first-order valence-electron chi connectivity index (χ1n) is 2.47. The predicted molar refractivity (Wildman–Crippen MR) is 31.8 cm³/mol. The van der Waals surface area contributed by atoms with Gasteiger partial charge in [0.1, 0.15) is 10.9 Å². The van der Waals surface area contributed by atoms with Gasteiger partial charge in [0.2, 0.25) is 0 Å². The van der Waals surface area contributed by atoms with Gasteiger partial charge in [0.25, 0.3) is 0 Å². The second kappa shape index (κ2) is 2.51. The summed E-state index contributed by atoms with van der Waals surface area (Å²) >= 11 is 0.343. The largest absolute Gasteiger partial charge is 0.443 e. The van der Waals surface area contributed by atoms with Gasteiger partial charge in [-0.2, -0.15) is 18.4 Å². The molecule has 0 aliphatic carbocycles. The molecule has 0 fully saturated rings. The van der Waals surface area contributed by atoms with E-state index in [9.17, 15) is 13.2 Å². The average molecular weight is 178 g/mol. The molecule has 0 radical (unpaired) electrons. The van der Waals surface area contributed by atoms with Gasteiger partial charge < -0.3 is 0 Å². The Hall–Kier alpha value is -1.09. The lowest BCUT2D eigenvalue weighted by molar-refractivity contribution is -0.137. The lowest BCUT2D eigenvalue weighted by atomic mass is 10.6. The number of aromatic nitrogens is 1. The Bertz CT molecular complexity index is 295. The summed E-state index contributed by atoms with van der Waals surface area (Å²) < 4.78 is 35.3. The van der Waals surface area contributed by atoms with Crippen molar-refractivity contribution in [2.24, 2.45) is 0 Å². The third kappa shape index (κ3) is 1.68. The lowest BCUT2D eigenvalue weighted by Gasteiger charge is -1.97. The summed E-state index contributed by atoms with van der Waals surface area (Å²) in [6.45, 7) is 0. The highest BCUT2D eigenvalue weighted by Crippen LogP contribution is 2.31. The summed E-state index contributed by atoms with van der Waals surface area (Å²) in [6.07, 6.45) is -3.52. The van der Waals surface area contributed by atoms with E-state index in [1.54, 1.807) is 6.07 Å². The molecule has 58 valence electrons. The van der Waals surface area contributed by atoms with Crippen LogP contribution in [0.4, 0.5) is 13.2 Å². The van der Waals surface area contributed by atoms with Crippen LogP contribution in [0.15, 0.2) is 6.20 Å². The summed E-state index contributed by atoms with van der Waals surface area (Å²) in [5.41, 5.74) is 0. The second-order valence-corrected chi connectivity index (χ2v) is 2.67. The van der Waals surface area contributed by atoms with E-state index in [4.69, 9.17) is 5.26 Å². The van der Waals surface area contributed by atoms with Crippen LogP contribution >= 0.6 is 11.3 Å². The summed E-state index contributed by atoms with van der Waals surface area (Å²) in [4.78, 5) is 3.00. The average Bonchev–Trinajstić information content (AvgIpc) is 2.32. The smallest absolute Gasteiger partial charge is 0.239 e. The van der Waals surface area contributed by atoms with Crippen molar-refractivity contribution in [3.8, 4) is 6.07 Å². The van der Waals surface area contributed by atoms with E-state index in [-0.39, 0.29) is 4.88 Å². The van der Waals surface area contributed by atoms with Crippen LogP contribution in [-0.4, -0.2) is 4.98 Å². The molecular weight excluding hydrogens is 177 g/mol. The van der Waals surface area contributed by atoms with Crippen LogP contribution in [0.5, 0.6) is 0 Å². The molecule has 0 bridgehead atoms. The molecule has 0 amide bonds. The zero-order valence-corrected chi connectivity index (χ0v) is 5.83. The zero-order valence-electron chi connectivity index (χ0n) is 5.01. The van der Waals surface area contributed by atoms with E-state index < -0.39 is 11.2 Å². The van der Waals surface area contributed by atoms with Crippen LogP contribution < -0.4 is 0 Å². The van der Waals surface area contributed by atoms with Gasteiger partial charge in [0.15, 0.2) is 5.01 Å². The monoisotopic (exact) mass is 178 g/mol. The van der Waals surface area contributed by atoms with Crippen LogP contribution in [0.3, 0.4) is 0 Å². The van der Waals surface area contributed by atoms with E-state index in [2.05, 4.69) is 4.98 Å². The fourth-order valence-electron chi connectivity index (χ4n) is 0.457. The van der Waals surface area contributed by atoms with Crippen LogP contribution in [-0.2, 0) is 6.18 Å². The molecule has 11 heavy (non-hydrogen) atoms. The Morgan fingerprint density at radius 1 is 1.55 bits per heavy atom. The van der Waals surface area contributed by atoms with Crippen molar-refractivity contribution >= 4 is 11.3 Å². The van der Waals surface area contributed by atoms with Gasteiger partial charge in [-0.15, -0.1) is 0 Å². The Morgan fingerprint density at radius 2 is 2.18 bits per heavy atom. The number of hydrogen-bond donors (Lipinski definition) is 0. The first kappa shape index (κ1) is 8.01. The molecule has 0 N–H and O–H groups in total. The number of alkyl halides is 3. The Labute approximate surface area is 63.9 Å². The van der Waals surface area contributed by atoms with Crippen LogP contribution in [0, 0.1) is 11.3 Å². The highest BCUT2D eigenvalue weighted by molar-refractivity contribution is 7.12. The van der Waals surface area contributed by atoms with E-state index in [0.29, 0.717) is 11.3 Å². The number of halogens is 3. The van der Waals surface area contributed by atoms with Gasteiger partial charge in [-0.25, -0.2) is 4.98 Å². The molecule has 0 saturated carbocycles. The van der Waals surface area contributed by atoms with Crippen molar-refractivity contribution in [3.63, 3.8) is 0 Å². The lowest BCUT2D eigenvalue weighted by Crippen LogP contribution is -2.02. The Morgan fingerprint density at radius 3 is 2.45 bits per heavy atom. The van der Waals surface area contributed by atoms with Crippen molar-refractivity contribution in [2.45, 2.75) is 6.18 Å². The van der Waals surface area contributed by atoms with Gasteiger partial charge in [0.05, 0.1) is 6.20 Å². The molecule has 6 heteroatoms. The molecule has 0 saturated heterocycles. The number of nitriles is 1. The summed E-state index contributed by atoms with van der Waals surface area (Å²) in [5.74, 6) is 0. The normalized spacial score (nSPS) is 11.1. The van der Waals surface area contributed by atoms with Gasteiger partial charge in [-0.05, 0) is 0 Å². The maximum absolute atomic E-state index is 11.8. The van der Waals surface area contributed by atoms with E-state index in [1.807, 2.05) is 0 Å². The molecular formula is C5HF3N2S. The summed E-state index contributed by atoms with van der Waals surface area (Å²) in [7, 11) is 0. The van der Waals surface area contributed by atoms with Crippen molar-refractivity contribution < 1.29 is 13.2 Å². The second-order valence-electron chi connectivity index (χ2n) is 1.64. The molecule has 0 aliphatic rings. The quantitative estimate of drug-likeness (QED) is 0.609. The Balaban J connectivity index is 3.01. The fraction of sp³-hybridized carbons (Fsp3) is 0.200. The van der Waals surface area contributed by atoms with Crippen molar-refractivity contribution in [1.29, 1.82) is 5.26 Å². The minimum absolute atomic E-state index is 0.0303. The fourth-order valence-corrected chi connectivity index (χ4v) is 1.04. The molecule has 0 aromatic carbocycles. The molecule has 0 aliphatic heterocycles. The van der Waals surface area contributed by atoms with Crippen LogP contribution in [0.25, 0.3) is 0 Å². The molecule has 0 atom stereocenters. The van der Waals surface area contributed by atoms with Gasteiger partial charge in [-0.1, -0.05) is 11.3 Å². The van der Waals surface area contributed by atoms with Gasteiger partial charge in [0, 0.05) is 0 Å². The van der Waals surface area contributed by atoms with Crippen molar-refractivity contribution in [1.82, 2.24) is 4.98 Å². The van der Waals surface area contributed by atoms with Gasteiger partial charge >= 0.3 is 6.18 Å². The first-order chi connectivity index (χ1) is 5.04. The topological polar surface area (TPSA) is 36.7 Å². The third-order valence-electron chi connectivity index (χ3n) is 0.858. The molecule has 0 unspecified atom stereocenters. The number of rotatable bonds is 0. The number of hydrogen-bond acceptors (Lipinski definition) is 3. The van der Waals surface area contributed by atoms with E-state index in [1.165, 1.54) is 0 Å². The molecule has 1 aromatic rings. The Kier molecular flexibility index (Phi) is 1.83. The van der Waals surface area contributed by atoms with Crippen molar-refractivity contribution in [3.05, 3.63) is 16.1 Å². The molecule has 2 nitrogen and oxygen atoms in total. The maximum atomic E-state index is 11.8. The highest BCUT2D eigenvalue weighted by Gasteiger charge is 2.34. The van der Waals surface area contributed by atoms with E-state index >= 15 is 0 Å². The number of nitrogens with zero attached hydrogens (tertiary/aromatic N) is 2. The molecule has 1 heterocycles. The summed E-state index contributed by atoms with van der Waals surface area (Å²) in [5, 5.41) is 7.19. The first-order valence-corrected chi connectivity index (χ1v) is 3.29. The maximum Gasteiger partial charge on any atom is 0.443 e. The zero-order chi connectivity index (χ0) is 8.48. The standard InChI is InChI=1S/C5HF3N2S/c6-5(7,8)4-10-2-3(1-9)11-4/h2H. The third-order valence-corrected chi connectivity index (χ3v) is 1.81. The summed E-state index contributed by atoms with van der Waals surface area (Å²) in [6, 6.07) is 1.58.